The van der Waals surface area contributed by atoms with E-state index in [1.54, 1.807) is 4.68 Å². The fourth-order valence-electron chi connectivity index (χ4n) is 3.09. The molecule has 112 valence electrons. The molecular weight excluding hydrogens is 288 g/mol. The maximum absolute atomic E-state index is 6.33. The monoisotopic (exact) mass is 306 g/mol. The Balaban J connectivity index is 1.53. The van der Waals surface area contributed by atoms with Crippen molar-refractivity contribution in [3.8, 4) is 0 Å². The second-order valence-corrected chi connectivity index (χ2v) is 6.45. The zero-order valence-corrected chi connectivity index (χ0v) is 13.1. The number of hydrogen-bond donors (Lipinski definition) is 0. The highest BCUT2D eigenvalue weighted by molar-refractivity contribution is 6.30. The number of nitrogens with zero attached hydrogens (tertiary/aromatic N) is 6. The molecule has 3 heterocycles. The quantitative estimate of drug-likeness (QED) is 0.868. The average molecular weight is 307 g/mol. The predicted molar refractivity (Wildman–Crippen MR) is 79.1 cm³/mol. The van der Waals surface area contributed by atoms with E-state index >= 15 is 0 Å². The van der Waals surface area contributed by atoms with Crippen LogP contribution in [0.5, 0.6) is 0 Å². The van der Waals surface area contributed by atoms with Crippen LogP contribution < -0.4 is 0 Å². The highest BCUT2D eigenvalue weighted by atomic mass is 35.5. The molecule has 0 amide bonds. The fraction of sp³-hybridized carbons (Fsp3) is 0.643. The van der Waals surface area contributed by atoms with Gasteiger partial charge in [-0.05, 0) is 19.8 Å². The summed E-state index contributed by atoms with van der Waals surface area (Å²) in [6.45, 7) is 5.66. The van der Waals surface area contributed by atoms with Crippen molar-refractivity contribution in [2.75, 3.05) is 6.54 Å². The minimum absolute atomic E-state index is 0.660. The zero-order chi connectivity index (χ0) is 14.6. The van der Waals surface area contributed by atoms with Crippen LogP contribution in [0.3, 0.4) is 0 Å². The molecule has 1 saturated carbocycles. The van der Waals surface area contributed by atoms with Gasteiger partial charge in [-0.2, -0.15) is 5.10 Å². The summed E-state index contributed by atoms with van der Waals surface area (Å²) < 4.78 is 4.05. The van der Waals surface area contributed by atoms with Gasteiger partial charge in [0.2, 0.25) is 0 Å². The Morgan fingerprint density at radius 3 is 2.71 bits per heavy atom. The van der Waals surface area contributed by atoms with Crippen molar-refractivity contribution in [1.29, 1.82) is 0 Å². The van der Waals surface area contributed by atoms with Gasteiger partial charge in [-0.25, -0.2) is 0 Å². The molecule has 2 aliphatic rings. The molecule has 1 aliphatic carbocycles. The summed E-state index contributed by atoms with van der Waals surface area (Å²) in [4.78, 5) is 2.37. The first-order valence-electron chi connectivity index (χ1n) is 7.46. The van der Waals surface area contributed by atoms with Gasteiger partial charge in [-0.15, -0.1) is 10.2 Å². The van der Waals surface area contributed by atoms with Gasteiger partial charge in [0.1, 0.15) is 16.8 Å². The lowest BCUT2D eigenvalue weighted by atomic mass is 10.2. The Morgan fingerprint density at radius 2 is 2.05 bits per heavy atom. The predicted octanol–water partition coefficient (Wildman–Crippen LogP) is 1.87. The molecule has 0 N–H and O–H groups in total. The first kappa shape index (κ1) is 13.3. The molecule has 2 aromatic heterocycles. The summed E-state index contributed by atoms with van der Waals surface area (Å²) >= 11 is 6.33. The summed E-state index contributed by atoms with van der Waals surface area (Å²) in [5.74, 6) is 2.94. The van der Waals surface area contributed by atoms with Gasteiger partial charge in [0.25, 0.3) is 0 Å². The van der Waals surface area contributed by atoms with E-state index < -0.39 is 0 Å². The maximum Gasteiger partial charge on any atom is 0.147 e. The van der Waals surface area contributed by atoms with Gasteiger partial charge in [-0.3, -0.25) is 9.58 Å². The second-order valence-electron chi connectivity index (χ2n) is 6.09. The van der Waals surface area contributed by atoms with Gasteiger partial charge in [0.05, 0.1) is 12.2 Å². The molecule has 0 radical (unpaired) electrons. The number of halogens is 1. The standard InChI is InChI=1S/C14H19ClN6/c1-9-11(13(15)19(2)18-9)7-20-5-6-21-12(8-20)16-17-14(21)10-3-4-10/h10H,3-8H2,1-2H3. The van der Waals surface area contributed by atoms with Crippen LogP contribution in [-0.4, -0.2) is 36.0 Å². The van der Waals surface area contributed by atoms with Crippen LogP contribution in [0.4, 0.5) is 0 Å². The van der Waals surface area contributed by atoms with Crippen molar-refractivity contribution in [1.82, 2.24) is 29.4 Å². The summed E-state index contributed by atoms with van der Waals surface area (Å²) in [6, 6.07) is 0. The molecule has 6 nitrogen and oxygen atoms in total. The number of aryl methyl sites for hydroxylation is 2. The third-order valence-electron chi connectivity index (χ3n) is 4.45. The smallest absolute Gasteiger partial charge is 0.147 e. The highest BCUT2D eigenvalue weighted by Gasteiger charge is 2.32. The molecular formula is C14H19ClN6. The molecule has 4 rings (SSSR count). The van der Waals surface area contributed by atoms with E-state index in [2.05, 4.69) is 24.8 Å². The molecule has 7 heteroatoms. The first-order valence-corrected chi connectivity index (χ1v) is 7.83. The lowest BCUT2D eigenvalue weighted by Gasteiger charge is -2.27. The Hall–Kier alpha value is -1.40. The van der Waals surface area contributed by atoms with Crippen molar-refractivity contribution in [3.05, 3.63) is 28.1 Å². The van der Waals surface area contributed by atoms with Gasteiger partial charge >= 0.3 is 0 Å². The third-order valence-corrected chi connectivity index (χ3v) is 4.93. The topological polar surface area (TPSA) is 51.8 Å². The normalized spacial score (nSPS) is 19.0. The molecule has 2 aromatic rings. The zero-order valence-electron chi connectivity index (χ0n) is 12.4. The van der Waals surface area contributed by atoms with Crippen molar-refractivity contribution >= 4 is 11.6 Å². The number of hydrogen-bond acceptors (Lipinski definition) is 4. The molecule has 0 saturated heterocycles. The van der Waals surface area contributed by atoms with E-state index in [-0.39, 0.29) is 0 Å². The maximum atomic E-state index is 6.33. The molecule has 1 fully saturated rings. The molecule has 0 bridgehead atoms. The molecule has 0 aromatic carbocycles. The van der Waals surface area contributed by atoms with E-state index in [9.17, 15) is 0 Å². The van der Waals surface area contributed by atoms with E-state index in [1.807, 2.05) is 14.0 Å². The number of rotatable bonds is 3. The van der Waals surface area contributed by atoms with E-state index in [0.717, 1.165) is 48.4 Å². The minimum Gasteiger partial charge on any atom is -0.312 e. The highest BCUT2D eigenvalue weighted by Crippen LogP contribution is 2.39. The lowest BCUT2D eigenvalue weighted by molar-refractivity contribution is 0.207. The van der Waals surface area contributed by atoms with E-state index in [0.29, 0.717) is 5.92 Å². The second kappa shape index (κ2) is 4.81. The van der Waals surface area contributed by atoms with Crippen LogP contribution in [0.2, 0.25) is 5.15 Å². The fourth-order valence-corrected chi connectivity index (χ4v) is 3.32. The largest absolute Gasteiger partial charge is 0.312 e. The molecule has 0 unspecified atom stereocenters. The Labute approximate surface area is 128 Å². The van der Waals surface area contributed by atoms with E-state index in [4.69, 9.17) is 11.6 Å². The molecule has 21 heavy (non-hydrogen) atoms. The lowest BCUT2D eigenvalue weighted by Crippen LogP contribution is -2.34. The van der Waals surface area contributed by atoms with Crippen LogP contribution in [0.15, 0.2) is 0 Å². The van der Waals surface area contributed by atoms with Gasteiger partial charge in [0.15, 0.2) is 0 Å². The van der Waals surface area contributed by atoms with Gasteiger partial charge in [-0.1, -0.05) is 11.6 Å². The van der Waals surface area contributed by atoms with Crippen molar-refractivity contribution in [2.24, 2.45) is 7.05 Å². The summed E-state index contributed by atoms with van der Waals surface area (Å²) in [5, 5.41) is 13.9. The minimum atomic E-state index is 0.660. The van der Waals surface area contributed by atoms with Crippen LogP contribution in [0.25, 0.3) is 0 Å². The van der Waals surface area contributed by atoms with Crippen molar-refractivity contribution in [3.63, 3.8) is 0 Å². The SMILES string of the molecule is Cc1nn(C)c(Cl)c1CN1CCn2c(nnc2C2CC2)C1. The van der Waals surface area contributed by atoms with Crippen molar-refractivity contribution in [2.45, 2.75) is 45.3 Å². The van der Waals surface area contributed by atoms with E-state index in [1.165, 1.54) is 18.7 Å². The molecule has 0 spiro atoms. The van der Waals surface area contributed by atoms with Gasteiger partial charge in [0, 0.05) is 38.2 Å². The summed E-state index contributed by atoms with van der Waals surface area (Å²) in [5.41, 5.74) is 2.13. The van der Waals surface area contributed by atoms with Crippen molar-refractivity contribution < 1.29 is 0 Å². The van der Waals surface area contributed by atoms with Crippen LogP contribution in [0.1, 0.15) is 41.7 Å². The number of fused-ring (bicyclic) bond motifs is 1. The Morgan fingerprint density at radius 1 is 1.24 bits per heavy atom. The molecule has 0 atom stereocenters. The van der Waals surface area contributed by atoms with Crippen LogP contribution >= 0.6 is 11.6 Å². The summed E-state index contributed by atoms with van der Waals surface area (Å²) in [7, 11) is 1.88. The summed E-state index contributed by atoms with van der Waals surface area (Å²) in [6.07, 6.45) is 2.54. The third kappa shape index (κ3) is 2.26. The average Bonchev–Trinajstić information content (AvgIpc) is 3.18. The first-order chi connectivity index (χ1) is 10.1. The Kier molecular flexibility index (Phi) is 3.04. The van der Waals surface area contributed by atoms with Crippen LogP contribution in [0, 0.1) is 6.92 Å². The number of aromatic nitrogens is 5. The molecule has 1 aliphatic heterocycles. The van der Waals surface area contributed by atoms with Crippen LogP contribution in [-0.2, 0) is 26.7 Å². The Bertz CT molecular complexity index is 684. The van der Waals surface area contributed by atoms with Gasteiger partial charge < -0.3 is 4.57 Å².